The van der Waals surface area contributed by atoms with Gasteiger partial charge in [-0.2, -0.15) is 13.2 Å². The molecule has 0 aliphatic rings. The second-order valence-corrected chi connectivity index (χ2v) is 2.12. The number of benzene rings is 1. The molecule has 1 nitrogen and oxygen atoms in total. The van der Waals surface area contributed by atoms with E-state index in [1.54, 1.807) is 0 Å². The molecule has 1 rings (SSSR count). The van der Waals surface area contributed by atoms with Crippen molar-refractivity contribution in [2.24, 2.45) is 0 Å². The summed E-state index contributed by atoms with van der Waals surface area (Å²) in [6.45, 7) is 0. The molecule has 12 heavy (non-hydrogen) atoms. The van der Waals surface area contributed by atoms with Crippen molar-refractivity contribution in [1.82, 2.24) is 0 Å². The van der Waals surface area contributed by atoms with Crippen LogP contribution in [-0.2, 0) is 6.18 Å². The Hall–Kier alpha value is -0.460. The normalized spacial score (nSPS) is 10.6. The third kappa shape index (κ3) is 2.88. The van der Waals surface area contributed by atoms with Gasteiger partial charge in [-0.25, -0.2) is 0 Å². The maximum atomic E-state index is 11.9. The molecule has 0 radical (unpaired) electrons. The van der Waals surface area contributed by atoms with Gasteiger partial charge in [-0.15, -0.1) is 24.0 Å². The smallest absolute Gasteiger partial charge is 0.399 e. The molecule has 2 N–H and O–H groups in total. The highest BCUT2D eigenvalue weighted by molar-refractivity contribution is 14.0. The molecule has 5 heteroatoms. The van der Waals surface area contributed by atoms with Crippen LogP contribution in [0.5, 0.6) is 0 Å². The molecule has 0 saturated carbocycles. The maximum Gasteiger partial charge on any atom is 0.416 e. The number of hydrogen-bond donors (Lipinski definition) is 1. The van der Waals surface area contributed by atoms with Crippen molar-refractivity contribution in [1.29, 1.82) is 0 Å². The molecule has 1 aromatic carbocycles. The summed E-state index contributed by atoms with van der Waals surface area (Å²) in [5.41, 5.74) is 4.57. The number of hydrogen-bond acceptors (Lipinski definition) is 1. The number of alkyl halides is 3. The Bertz CT molecular complexity index is 259. The van der Waals surface area contributed by atoms with E-state index in [0.717, 1.165) is 12.1 Å². The van der Waals surface area contributed by atoms with Crippen LogP contribution in [0, 0.1) is 0 Å². The minimum Gasteiger partial charge on any atom is -0.399 e. The van der Waals surface area contributed by atoms with Crippen LogP contribution in [0.4, 0.5) is 18.9 Å². The zero-order valence-electron chi connectivity index (χ0n) is 5.93. The third-order valence-corrected chi connectivity index (χ3v) is 1.21. The second kappa shape index (κ2) is 3.97. The van der Waals surface area contributed by atoms with Gasteiger partial charge in [-0.1, -0.05) is 6.07 Å². The SMILES string of the molecule is I.Nc1cccc(C(F)(F)F)c1. The first kappa shape index (κ1) is 11.5. The lowest BCUT2D eigenvalue weighted by atomic mass is 10.2. The lowest BCUT2D eigenvalue weighted by Crippen LogP contribution is -2.04. The van der Waals surface area contributed by atoms with Gasteiger partial charge in [-0.05, 0) is 18.2 Å². The summed E-state index contributed by atoms with van der Waals surface area (Å²) in [4.78, 5) is 0. The fourth-order valence-corrected chi connectivity index (χ4v) is 0.715. The topological polar surface area (TPSA) is 26.0 Å². The highest BCUT2D eigenvalue weighted by atomic mass is 127. The summed E-state index contributed by atoms with van der Waals surface area (Å²) in [5, 5.41) is 0. The fourth-order valence-electron chi connectivity index (χ4n) is 0.715. The van der Waals surface area contributed by atoms with Crippen molar-refractivity contribution in [2.75, 3.05) is 5.73 Å². The van der Waals surface area contributed by atoms with E-state index in [1.165, 1.54) is 12.1 Å². The molecule has 0 amide bonds. The van der Waals surface area contributed by atoms with E-state index in [2.05, 4.69) is 0 Å². The molecule has 0 bridgehead atoms. The largest absolute Gasteiger partial charge is 0.416 e. The zero-order chi connectivity index (χ0) is 8.48. The Balaban J connectivity index is 0.00000121. The van der Waals surface area contributed by atoms with Gasteiger partial charge in [0.05, 0.1) is 5.56 Å². The standard InChI is InChI=1S/C7H6F3N.HI/c8-7(9,10)5-2-1-3-6(11)4-5;/h1-4H,11H2;1H. The van der Waals surface area contributed by atoms with Gasteiger partial charge >= 0.3 is 6.18 Å². The quantitative estimate of drug-likeness (QED) is 0.577. The number of halogens is 4. The van der Waals surface area contributed by atoms with Crippen molar-refractivity contribution in [3.63, 3.8) is 0 Å². The summed E-state index contributed by atoms with van der Waals surface area (Å²) in [6.07, 6.45) is -4.30. The average Bonchev–Trinajstić information content (AvgIpc) is 1.86. The summed E-state index contributed by atoms with van der Waals surface area (Å²) in [6, 6.07) is 4.57. The van der Waals surface area contributed by atoms with Crippen LogP contribution in [0.2, 0.25) is 0 Å². The minimum absolute atomic E-state index is 0. The van der Waals surface area contributed by atoms with Crippen LogP contribution in [0.25, 0.3) is 0 Å². The van der Waals surface area contributed by atoms with Crippen molar-refractivity contribution in [3.8, 4) is 0 Å². The van der Waals surface area contributed by atoms with Crippen LogP contribution < -0.4 is 5.73 Å². The van der Waals surface area contributed by atoms with Crippen molar-refractivity contribution >= 4 is 29.7 Å². The molecule has 0 heterocycles. The molecule has 0 unspecified atom stereocenters. The highest BCUT2D eigenvalue weighted by Crippen LogP contribution is 2.29. The van der Waals surface area contributed by atoms with E-state index >= 15 is 0 Å². The van der Waals surface area contributed by atoms with E-state index < -0.39 is 11.7 Å². The van der Waals surface area contributed by atoms with Crippen molar-refractivity contribution in [2.45, 2.75) is 6.18 Å². The molecular weight excluding hydrogens is 282 g/mol. The Labute approximate surface area is 84.8 Å². The van der Waals surface area contributed by atoms with Crippen molar-refractivity contribution < 1.29 is 13.2 Å². The van der Waals surface area contributed by atoms with Crippen LogP contribution in [0.1, 0.15) is 5.56 Å². The second-order valence-electron chi connectivity index (χ2n) is 2.12. The summed E-state index contributed by atoms with van der Waals surface area (Å²) >= 11 is 0. The first-order chi connectivity index (χ1) is 5.00. The van der Waals surface area contributed by atoms with E-state index in [-0.39, 0.29) is 29.7 Å². The highest BCUT2D eigenvalue weighted by Gasteiger charge is 2.30. The number of nitrogen functional groups attached to an aromatic ring is 1. The van der Waals surface area contributed by atoms with Crippen LogP contribution in [-0.4, -0.2) is 0 Å². The van der Waals surface area contributed by atoms with E-state index in [1.807, 2.05) is 0 Å². The summed E-state index contributed by atoms with van der Waals surface area (Å²) < 4.78 is 35.7. The predicted molar refractivity (Wildman–Crippen MR) is 51.3 cm³/mol. The molecule has 0 atom stereocenters. The molecular formula is C7H7F3IN. The molecule has 0 fully saturated rings. The monoisotopic (exact) mass is 289 g/mol. The molecule has 1 aromatic rings. The molecule has 68 valence electrons. The average molecular weight is 289 g/mol. The molecule has 0 aromatic heterocycles. The lowest BCUT2D eigenvalue weighted by Gasteiger charge is -2.05. The Kier molecular flexibility index (Phi) is 3.82. The van der Waals surface area contributed by atoms with Gasteiger partial charge < -0.3 is 5.73 Å². The molecule has 0 saturated heterocycles. The Morgan fingerprint density at radius 1 is 1.17 bits per heavy atom. The van der Waals surface area contributed by atoms with Gasteiger partial charge in [0.1, 0.15) is 0 Å². The van der Waals surface area contributed by atoms with Crippen LogP contribution in [0.3, 0.4) is 0 Å². The van der Waals surface area contributed by atoms with E-state index in [4.69, 9.17) is 5.73 Å². The van der Waals surface area contributed by atoms with Crippen LogP contribution >= 0.6 is 24.0 Å². The van der Waals surface area contributed by atoms with Crippen LogP contribution in [0.15, 0.2) is 24.3 Å². The number of nitrogens with two attached hydrogens (primary N) is 1. The Morgan fingerprint density at radius 2 is 1.75 bits per heavy atom. The van der Waals surface area contributed by atoms with E-state index in [0.29, 0.717) is 0 Å². The van der Waals surface area contributed by atoms with Gasteiger partial charge in [0.25, 0.3) is 0 Å². The minimum atomic E-state index is -4.30. The van der Waals surface area contributed by atoms with Gasteiger partial charge in [0.2, 0.25) is 0 Å². The summed E-state index contributed by atoms with van der Waals surface area (Å²) in [7, 11) is 0. The maximum absolute atomic E-state index is 11.9. The van der Waals surface area contributed by atoms with Gasteiger partial charge in [0.15, 0.2) is 0 Å². The van der Waals surface area contributed by atoms with Gasteiger partial charge in [-0.3, -0.25) is 0 Å². The predicted octanol–water partition coefficient (Wildman–Crippen LogP) is 2.91. The zero-order valence-corrected chi connectivity index (χ0v) is 8.26. The lowest BCUT2D eigenvalue weighted by molar-refractivity contribution is -0.137. The first-order valence-electron chi connectivity index (χ1n) is 2.93. The van der Waals surface area contributed by atoms with E-state index in [9.17, 15) is 13.2 Å². The summed E-state index contributed by atoms with van der Waals surface area (Å²) in [5.74, 6) is 0. The third-order valence-electron chi connectivity index (χ3n) is 1.21. The van der Waals surface area contributed by atoms with Gasteiger partial charge in [0, 0.05) is 5.69 Å². The fraction of sp³-hybridized carbons (Fsp3) is 0.143. The number of anilines is 1. The molecule has 0 aliphatic heterocycles. The first-order valence-corrected chi connectivity index (χ1v) is 2.93. The van der Waals surface area contributed by atoms with Crippen molar-refractivity contribution in [3.05, 3.63) is 29.8 Å². The Morgan fingerprint density at radius 3 is 2.08 bits per heavy atom. The molecule has 0 aliphatic carbocycles. The number of rotatable bonds is 0. The molecule has 0 spiro atoms.